The normalized spacial score (nSPS) is 20.0. The molecule has 3 N–H and O–H groups in total. The fourth-order valence-corrected chi connectivity index (χ4v) is 4.43. The summed E-state index contributed by atoms with van der Waals surface area (Å²) in [6, 6.07) is 14.8. The minimum Gasteiger partial charge on any atom is -0.481 e. The number of carbonyl (C=O) groups is 3. The first-order chi connectivity index (χ1) is 16.7. The van der Waals surface area contributed by atoms with Crippen molar-refractivity contribution in [2.45, 2.75) is 30.7 Å². The largest absolute Gasteiger partial charge is 0.481 e. The summed E-state index contributed by atoms with van der Waals surface area (Å²) in [6.45, 7) is -1.00. The number of rotatable bonds is 7. The molecule has 0 radical (unpaired) electrons. The monoisotopic (exact) mass is 492 g/mol. The zero-order valence-corrected chi connectivity index (χ0v) is 18.4. The highest BCUT2D eigenvalue weighted by molar-refractivity contribution is 5.83. The summed E-state index contributed by atoms with van der Waals surface area (Å²) in [5.74, 6) is -5.95. The molecule has 2 aromatic carbocycles. The molecule has 1 saturated heterocycles. The van der Waals surface area contributed by atoms with Gasteiger partial charge in [-0.1, -0.05) is 48.5 Å². The first-order valence-corrected chi connectivity index (χ1v) is 11.0. The average molecular weight is 492 g/mol. The molecule has 3 unspecified atom stereocenters. The maximum Gasteiger partial charge on any atom is 0.407 e. The Balaban J connectivity index is 1.34. The van der Waals surface area contributed by atoms with E-state index >= 15 is 0 Å². The van der Waals surface area contributed by atoms with Crippen LogP contribution in [0.4, 0.5) is 18.0 Å². The van der Waals surface area contributed by atoms with E-state index in [0.717, 1.165) is 22.3 Å². The molecule has 186 valence electrons. The number of ether oxygens (including phenoxy) is 2. The molecule has 35 heavy (non-hydrogen) atoms. The van der Waals surface area contributed by atoms with Crippen LogP contribution in [-0.2, 0) is 19.1 Å². The van der Waals surface area contributed by atoms with Gasteiger partial charge in [0, 0.05) is 19.1 Å². The Morgan fingerprint density at radius 3 is 2.23 bits per heavy atom. The number of halogens is 3. The number of amides is 2. The molecule has 0 saturated carbocycles. The van der Waals surface area contributed by atoms with Crippen LogP contribution < -0.4 is 10.6 Å². The number of alkyl halides is 3. The minimum atomic E-state index is -5.02. The molecular formula is C24H23F3N2O6. The molecule has 0 spiro atoms. The van der Waals surface area contributed by atoms with Crippen molar-refractivity contribution in [3.05, 3.63) is 59.7 Å². The van der Waals surface area contributed by atoms with Gasteiger partial charge >= 0.3 is 18.2 Å². The molecule has 4 rings (SSSR count). The van der Waals surface area contributed by atoms with Gasteiger partial charge < -0.3 is 25.2 Å². The number of carboxylic acid groups (broad SMARTS) is 1. The summed E-state index contributed by atoms with van der Waals surface area (Å²) in [4.78, 5) is 35.7. The number of benzene rings is 2. The van der Waals surface area contributed by atoms with E-state index in [9.17, 15) is 27.6 Å². The van der Waals surface area contributed by atoms with Crippen molar-refractivity contribution in [3.63, 3.8) is 0 Å². The molecule has 1 aliphatic carbocycles. The molecule has 0 aromatic heterocycles. The second-order valence-electron chi connectivity index (χ2n) is 8.33. The molecule has 1 fully saturated rings. The average Bonchev–Trinajstić information content (AvgIpc) is 3.39. The second kappa shape index (κ2) is 9.95. The Hall–Kier alpha value is -3.60. The molecular weight excluding hydrogens is 469 g/mol. The number of aliphatic carboxylic acids is 1. The third-order valence-electron chi connectivity index (χ3n) is 6.17. The van der Waals surface area contributed by atoms with Crippen LogP contribution in [0.2, 0.25) is 0 Å². The van der Waals surface area contributed by atoms with Gasteiger partial charge in [0.25, 0.3) is 5.91 Å². The zero-order chi connectivity index (χ0) is 25.2. The smallest absolute Gasteiger partial charge is 0.407 e. The molecule has 2 amide bonds. The fourth-order valence-electron chi connectivity index (χ4n) is 4.43. The quantitative estimate of drug-likeness (QED) is 0.548. The van der Waals surface area contributed by atoms with E-state index in [1.807, 2.05) is 53.8 Å². The fraction of sp³-hybridized carbons (Fsp3) is 0.375. The summed E-state index contributed by atoms with van der Waals surface area (Å²) in [5.41, 5.74) is 4.19. The maximum atomic E-state index is 12.8. The van der Waals surface area contributed by atoms with Crippen molar-refractivity contribution >= 4 is 18.0 Å². The number of fused-ring (bicyclic) bond motifs is 3. The number of hydrogen-bond donors (Lipinski definition) is 3. The third kappa shape index (κ3) is 5.24. The molecule has 2 aromatic rings. The van der Waals surface area contributed by atoms with Gasteiger partial charge in [-0.3, -0.25) is 9.59 Å². The number of carbonyl (C=O) groups excluding carboxylic acids is 2. The van der Waals surface area contributed by atoms with Crippen LogP contribution in [0.5, 0.6) is 0 Å². The molecule has 3 atom stereocenters. The highest BCUT2D eigenvalue weighted by Crippen LogP contribution is 2.44. The molecule has 1 heterocycles. The Morgan fingerprint density at radius 2 is 1.66 bits per heavy atom. The van der Waals surface area contributed by atoms with Gasteiger partial charge in [-0.15, -0.1) is 0 Å². The van der Waals surface area contributed by atoms with Crippen LogP contribution >= 0.6 is 0 Å². The van der Waals surface area contributed by atoms with Crippen molar-refractivity contribution in [1.29, 1.82) is 0 Å². The van der Waals surface area contributed by atoms with E-state index in [1.54, 1.807) is 0 Å². The van der Waals surface area contributed by atoms with Crippen LogP contribution in [0, 0.1) is 5.92 Å². The van der Waals surface area contributed by atoms with Crippen molar-refractivity contribution in [1.82, 2.24) is 10.6 Å². The lowest BCUT2D eigenvalue weighted by atomic mass is 9.98. The lowest BCUT2D eigenvalue weighted by Crippen LogP contribution is -2.50. The van der Waals surface area contributed by atoms with Crippen molar-refractivity contribution in [2.75, 3.05) is 19.8 Å². The second-order valence-corrected chi connectivity index (χ2v) is 8.33. The topological polar surface area (TPSA) is 114 Å². The van der Waals surface area contributed by atoms with Crippen LogP contribution in [0.25, 0.3) is 11.1 Å². The van der Waals surface area contributed by atoms with Gasteiger partial charge in [0.15, 0.2) is 12.0 Å². The highest BCUT2D eigenvalue weighted by atomic mass is 19.4. The van der Waals surface area contributed by atoms with Crippen LogP contribution in [0.15, 0.2) is 48.5 Å². The van der Waals surface area contributed by atoms with Crippen LogP contribution in [0.1, 0.15) is 23.5 Å². The van der Waals surface area contributed by atoms with Crippen molar-refractivity contribution in [3.8, 4) is 11.1 Å². The summed E-state index contributed by atoms with van der Waals surface area (Å²) >= 11 is 0. The standard InChI is InChI=1S/C24H23F3N2O6/c25-24(26,27)18(22(31)32)11-28-21(30)20-19(9-10-34-20)29-23(33)35-12-17-15-7-3-1-5-13(15)14-6-2-4-8-16(14)17/h1-8,17-20H,9-12H2,(H,28,30)(H,29,33)(H,31,32). The molecule has 2 aliphatic rings. The first-order valence-electron chi connectivity index (χ1n) is 11.0. The van der Waals surface area contributed by atoms with Crippen LogP contribution in [-0.4, -0.2) is 61.2 Å². The molecule has 11 heteroatoms. The lowest BCUT2D eigenvalue weighted by Gasteiger charge is -2.22. The van der Waals surface area contributed by atoms with E-state index in [-0.39, 0.29) is 25.6 Å². The first kappa shape index (κ1) is 24.5. The van der Waals surface area contributed by atoms with Crippen molar-refractivity contribution in [2.24, 2.45) is 5.92 Å². The van der Waals surface area contributed by atoms with Gasteiger partial charge in [0.05, 0.1) is 6.04 Å². The van der Waals surface area contributed by atoms with Crippen LogP contribution in [0.3, 0.4) is 0 Å². The number of nitrogens with one attached hydrogen (secondary N) is 2. The molecule has 0 bridgehead atoms. The van der Waals surface area contributed by atoms with E-state index in [4.69, 9.17) is 14.6 Å². The summed E-state index contributed by atoms with van der Waals surface area (Å²) in [6.07, 6.45) is -6.84. The Kier molecular flexibility index (Phi) is 6.97. The predicted octanol–water partition coefficient (Wildman–Crippen LogP) is 3.06. The summed E-state index contributed by atoms with van der Waals surface area (Å²) in [5, 5.41) is 13.2. The highest BCUT2D eigenvalue weighted by Gasteiger charge is 2.46. The predicted molar refractivity (Wildman–Crippen MR) is 117 cm³/mol. The Morgan fingerprint density at radius 1 is 1.06 bits per heavy atom. The maximum absolute atomic E-state index is 12.8. The molecule has 1 aliphatic heterocycles. The van der Waals surface area contributed by atoms with Gasteiger partial charge in [0.2, 0.25) is 0 Å². The number of alkyl carbamates (subject to hydrolysis) is 1. The summed E-state index contributed by atoms with van der Waals surface area (Å²) in [7, 11) is 0. The summed E-state index contributed by atoms with van der Waals surface area (Å²) < 4.78 is 49.1. The zero-order valence-electron chi connectivity index (χ0n) is 18.4. The Bertz CT molecular complexity index is 1080. The molecule has 8 nitrogen and oxygen atoms in total. The van der Waals surface area contributed by atoms with Crippen molar-refractivity contribution < 1.29 is 42.1 Å². The minimum absolute atomic E-state index is 0.0518. The van der Waals surface area contributed by atoms with Gasteiger partial charge in [-0.25, -0.2) is 4.79 Å². The van der Waals surface area contributed by atoms with E-state index < -0.39 is 48.8 Å². The Labute approximate surface area is 198 Å². The van der Waals surface area contributed by atoms with E-state index in [0.29, 0.717) is 0 Å². The number of hydrogen-bond acceptors (Lipinski definition) is 5. The van der Waals surface area contributed by atoms with Gasteiger partial charge in [-0.2, -0.15) is 13.2 Å². The van der Waals surface area contributed by atoms with E-state index in [1.165, 1.54) is 0 Å². The number of carboxylic acids is 1. The van der Waals surface area contributed by atoms with Gasteiger partial charge in [0.1, 0.15) is 6.61 Å². The third-order valence-corrected chi connectivity index (χ3v) is 6.17. The van der Waals surface area contributed by atoms with Gasteiger partial charge in [-0.05, 0) is 28.7 Å². The lowest BCUT2D eigenvalue weighted by molar-refractivity contribution is -0.192. The SMILES string of the molecule is O=C(NC1CCOC1C(=O)NCC(C(=O)O)C(F)(F)F)OCC1c2ccccc2-c2ccccc21. The van der Waals surface area contributed by atoms with E-state index in [2.05, 4.69) is 5.32 Å².